The number of allylic oxidation sites excluding steroid dienone is 5. The van der Waals surface area contributed by atoms with E-state index >= 15 is 0 Å². The largest absolute Gasteiger partial charge is 0.492 e. The summed E-state index contributed by atoms with van der Waals surface area (Å²) in [6.07, 6.45) is 14.2. The number of benzene rings is 2. The summed E-state index contributed by atoms with van der Waals surface area (Å²) >= 11 is 0. The van der Waals surface area contributed by atoms with Crippen LogP contribution in [0, 0.1) is 0 Å². The Bertz CT molecular complexity index is 1190. The number of anilines is 1. The first-order valence-corrected chi connectivity index (χ1v) is 13.6. The molecule has 0 aliphatic heterocycles. The van der Waals surface area contributed by atoms with E-state index in [1.165, 1.54) is 30.5 Å². The molecule has 0 radical (unpaired) electrons. The Morgan fingerprint density at radius 2 is 1.79 bits per heavy atom. The van der Waals surface area contributed by atoms with E-state index in [0.29, 0.717) is 12.4 Å². The second-order valence-electron chi connectivity index (χ2n) is 9.81. The Morgan fingerprint density at radius 3 is 2.39 bits per heavy atom. The van der Waals surface area contributed by atoms with E-state index in [4.69, 9.17) is 9.84 Å². The summed E-state index contributed by atoms with van der Waals surface area (Å²) in [6.45, 7) is 8.65. The molecule has 0 atom stereocenters. The third-order valence-corrected chi connectivity index (χ3v) is 6.88. The molecule has 0 amide bonds. The number of ether oxygens (including phenoxy) is 1. The van der Waals surface area contributed by atoms with Crippen LogP contribution in [0.3, 0.4) is 0 Å². The molecule has 2 aromatic rings. The number of carboxylic acids is 1. The maximum atomic E-state index is 11.1. The molecule has 3 N–H and O–H groups in total. The summed E-state index contributed by atoms with van der Waals surface area (Å²) in [7, 11) is 0. The first-order valence-electron chi connectivity index (χ1n) is 13.6. The fourth-order valence-electron chi connectivity index (χ4n) is 4.71. The molecule has 38 heavy (non-hydrogen) atoms. The summed E-state index contributed by atoms with van der Waals surface area (Å²) in [4.78, 5) is 13.6. The van der Waals surface area contributed by atoms with Gasteiger partial charge in [0.05, 0.1) is 12.1 Å². The van der Waals surface area contributed by atoms with Gasteiger partial charge in [-0.25, -0.2) is 4.79 Å². The van der Waals surface area contributed by atoms with Gasteiger partial charge in [-0.2, -0.15) is 0 Å². The molecule has 2 aliphatic carbocycles. The minimum absolute atomic E-state index is 0.266. The van der Waals surface area contributed by atoms with Crippen LogP contribution < -0.4 is 15.4 Å². The van der Waals surface area contributed by atoms with Gasteiger partial charge in [-0.15, -0.1) is 0 Å². The standard InChI is InChI=1S/C32H39N3O3/c1-3-20-35(21-22-38-30-18-14-27(15-19-30)32(36)37)31(26-8-7-9-26)23-25-12-16-29(17-13-25)34-24(2)33-28-10-5-4-6-11-28/h5,10-19,33-34H,2-4,6-9,20-23H2,1H3,(H,36,37). The van der Waals surface area contributed by atoms with Crippen molar-refractivity contribution in [3.05, 3.63) is 107 Å². The molecule has 0 saturated heterocycles. The van der Waals surface area contributed by atoms with E-state index < -0.39 is 5.97 Å². The van der Waals surface area contributed by atoms with Crippen LogP contribution in [0.5, 0.6) is 5.75 Å². The maximum absolute atomic E-state index is 11.1. The van der Waals surface area contributed by atoms with Gasteiger partial charge < -0.3 is 25.4 Å². The van der Waals surface area contributed by atoms with Crippen LogP contribution in [-0.2, 0) is 6.42 Å². The highest BCUT2D eigenvalue weighted by atomic mass is 16.5. The minimum atomic E-state index is -0.928. The number of rotatable bonds is 14. The summed E-state index contributed by atoms with van der Waals surface area (Å²) in [6, 6.07) is 15.2. The lowest BCUT2D eigenvalue weighted by Gasteiger charge is -2.33. The van der Waals surface area contributed by atoms with Crippen molar-refractivity contribution >= 4 is 11.7 Å². The lowest BCUT2D eigenvalue weighted by Crippen LogP contribution is -2.31. The average molecular weight is 514 g/mol. The smallest absolute Gasteiger partial charge is 0.335 e. The van der Waals surface area contributed by atoms with E-state index in [9.17, 15) is 4.79 Å². The van der Waals surface area contributed by atoms with Crippen molar-refractivity contribution < 1.29 is 14.6 Å². The van der Waals surface area contributed by atoms with E-state index in [-0.39, 0.29) is 5.56 Å². The number of hydrogen-bond donors (Lipinski definition) is 3. The number of aromatic carboxylic acids is 1. The molecule has 2 aromatic carbocycles. The molecular formula is C32H39N3O3. The average Bonchev–Trinajstić information content (AvgIpc) is 2.89. The fraction of sp³-hybridized carbons (Fsp3) is 0.344. The number of carboxylic acid groups (broad SMARTS) is 1. The van der Waals surface area contributed by atoms with Gasteiger partial charge in [-0.3, -0.25) is 0 Å². The summed E-state index contributed by atoms with van der Waals surface area (Å²) < 4.78 is 5.97. The first kappa shape index (κ1) is 27.1. The van der Waals surface area contributed by atoms with Gasteiger partial charge in [0.2, 0.25) is 0 Å². The molecule has 1 fully saturated rings. The van der Waals surface area contributed by atoms with Crippen LogP contribution in [0.1, 0.15) is 61.4 Å². The van der Waals surface area contributed by atoms with Crippen LogP contribution >= 0.6 is 0 Å². The van der Waals surface area contributed by atoms with Gasteiger partial charge in [0.1, 0.15) is 18.2 Å². The van der Waals surface area contributed by atoms with Crippen molar-refractivity contribution in [1.82, 2.24) is 10.2 Å². The lowest BCUT2D eigenvalue weighted by molar-refractivity contribution is 0.0697. The number of nitrogens with one attached hydrogen (secondary N) is 2. The minimum Gasteiger partial charge on any atom is -0.492 e. The van der Waals surface area contributed by atoms with Gasteiger partial charge in [-0.05, 0) is 86.6 Å². The Balaban J connectivity index is 1.35. The van der Waals surface area contributed by atoms with Crippen molar-refractivity contribution in [2.24, 2.45) is 0 Å². The Kier molecular flexibility index (Phi) is 9.68. The third-order valence-electron chi connectivity index (χ3n) is 6.88. The van der Waals surface area contributed by atoms with Crippen molar-refractivity contribution in [2.75, 3.05) is 25.0 Å². The summed E-state index contributed by atoms with van der Waals surface area (Å²) in [5, 5.41) is 15.8. The molecule has 2 aliphatic rings. The third kappa shape index (κ3) is 7.78. The zero-order chi connectivity index (χ0) is 26.7. The molecular weight excluding hydrogens is 474 g/mol. The molecule has 6 heteroatoms. The van der Waals surface area contributed by atoms with Gasteiger partial charge >= 0.3 is 5.97 Å². The van der Waals surface area contributed by atoms with Crippen LogP contribution in [0.4, 0.5) is 5.69 Å². The van der Waals surface area contributed by atoms with Gasteiger partial charge in [0.15, 0.2) is 0 Å². The monoisotopic (exact) mass is 513 g/mol. The highest BCUT2D eigenvalue weighted by Crippen LogP contribution is 2.32. The van der Waals surface area contributed by atoms with Gasteiger partial charge in [-0.1, -0.05) is 43.4 Å². The van der Waals surface area contributed by atoms with Crippen LogP contribution in [0.15, 0.2) is 96.1 Å². The van der Waals surface area contributed by atoms with Crippen LogP contribution in [0.2, 0.25) is 0 Å². The normalized spacial score (nSPS) is 14.2. The van der Waals surface area contributed by atoms with E-state index in [2.05, 4.69) is 71.5 Å². The second-order valence-corrected chi connectivity index (χ2v) is 9.81. The topological polar surface area (TPSA) is 73.8 Å². The van der Waals surface area contributed by atoms with Crippen molar-refractivity contribution in [3.63, 3.8) is 0 Å². The highest BCUT2D eigenvalue weighted by molar-refractivity contribution is 5.87. The zero-order valence-corrected chi connectivity index (χ0v) is 22.3. The number of hydrogen-bond acceptors (Lipinski definition) is 5. The molecule has 0 unspecified atom stereocenters. The quantitative estimate of drug-likeness (QED) is 0.256. The lowest BCUT2D eigenvalue weighted by atomic mass is 9.88. The number of carbonyl (C=O) groups is 1. The predicted molar refractivity (Wildman–Crippen MR) is 154 cm³/mol. The van der Waals surface area contributed by atoms with Gasteiger partial charge in [0, 0.05) is 30.0 Å². The van der Waals surface area contributed by atoms with E-state index in [1.54, 1.807) is 29.8 Å². The van der Waals surface area contributed by atoms with Crippen molar-refractivity contribution in [3.8, 4) is 5.75 Å². The molecule has 0 spiro atoms. The number of nitrogens with zero attached hydrogens (tertiary/aromatic N) is 1. The summed E-state index contributed by atoms with van der Waals surface area (Å²) in [5.74, 6) is 0.529. The first-order chi connectivity index (χ1) is 18.5. The van der Waals surface area contributed by atoms with Crippen molar-refractivity contribution in [2.45, 2.75) is 51.9 Å². The van der Waals surface area contributed by atoms with E-state index in [1.807, 2.05) is 0 Å². The predicted octanol–water partition coefficient (Wildman–Crippen LogP) is 6.86. The molecule has 4 rings (SSSR count). The van der Waals surface area contributed by atoms with Crippen LogP contribution in [0.25, 0.3) is 0 Å². The molecule has 1 saturated carbocycles. The molecule has 0 heterocycles. The molecule has 0 aromatic heterocycles. The summed E-state index contributed by atoms with van der Waals surface area (Å²) in [5.41, 5.74) is 6.62. The Hall–Kier alpha value is -3.93. The van der Waals surface area contributed by atoms with Crippen molar-refractivity contribution in [1.29, 1.82) is 0 Å². The maximum Gasteiger partial charge on any atom is 0.335 e. The zero-order valence-electron chi connectivity index (χ0n) is 22.3. The SMILES string of the molecule is C=C(NC1=CCCC=C1)Nc1ccc(CC(=C2CCC2)N(CCC)CCOc2ccc(C(=O)O)cc2)cc1. The van der Waals surface area contributed by atoms with Crippen LogP contribution in [-0.4, -0.2) is 35.7 Å². The van der Waals surface area contributed by atoms with E-state index in [0.717, 1.165) is 56.0 Å². The van der Waals surface area contributed by atoms with Gasteiger partial charge in [0.25, 0.3) is 0 Å². The highest BCUT2D eigenvalue weighted by Gasteiger charge is 2.20. The fourth-order valence-corrected chi connectivity index (χ4v) is 4.71. The Morgan fingerprint density at radius 1 is 1.03 bits per heavy atom. The molecule has 6 nitrogen and oxygen atoms in total. The molecule has 200 valence electrons. The Labute approximate surface area is 226 Å². The molecule has 0 bridgehead atoms. The second kappa shape index (κ2) is 13.6.